The number of hydrogen-bond donors (Lipinski definition) is 0. The van der Waals surface area contributed by atoms with Crippen molar-refractivity contribution >= 4 is 17.9 Å². The quantitative estimate of drug-likeness (QED) is 0.503. The molecule has 22 heavy (non-hydrogen) atoms. The molecule has 1 aliphatic rings. The molecule has 0 aliphatic carbocycles. The van der Waals surface area contributed by atoms with Gasteiger partial charge in [-0.15, -0.1) is 0 Å². The van der Waals surface area contributed by atoms with E-state index >= 15 is 0 Å². The summed E-state index contributed by atoms with van der Waals surface area (Å²) >= 11 is 0. The van der Waals surface area contributed by atoms with Crippen molar-refractivity contribution in [3.05, 3.63) is 24.3 Å². The molecule has 0 radical (unpaired) electrons. The second-order valence-corrected chi connectivity index (χ2v) is 5.28. The summed E-state index contributed by atoms with van der Waals surface area (Å²) in [4.78, 5) is 34.7. The fourth-order valence-corrected chi connectivity index (χ4v) is 1.83. The highest BCUT2D eigenvalue weighted by Crippen LogP contribution is 2.07. The highest BCUT2D eigenvalue weighted by Gasteiger charge is 2.16. The molecule has 0 saturated heterocycles. The Hall–Kier alpha value is -2.11. The van der Waals surface area contributed by atoms with E-state index in [2.05, 4.69) is 0 Å². The van der Waals surface area contributed by atoms with Gasteiger partial charge in [0.25, 0.3) is 0 Å². The van der Waals surface area contributed by atoms with E-state index in [9.17, 15) is 14.4 Å². The SMILES string of the molecule is C[C@H]1C/C=C\C(=O)O[C@@H](C)CC(=O)O[C@@H](C)C/C=C\C(=O)O1. The first-order valence-electron chi connectivity index (χ1n) is 7.30. The third-order valence-electron chi connectivity index (χ3n) is 2.87. The molecule has 0 aromatic rings. The molecule has 0 saturated carbocycles. The zero-order chi connectivity index (χ0) is 16.5. The Bertz CT molecular complexity index is 465. The molecule has 6 heteroatoms. The van der Waals surface area contributed by atoms with Crippen LogP contribution >= 0.6 is 0 Å². The average molecular weight is 310 g/mol. The summed E-state index contributed by atoms with van der Waals surface area (Å²) in [5.41, 5.74) is 0. The Kier molecular flexibility index (Phi) is 7.36. The van der Waals surface area contributed by atoms with Crippen molar-refractivity contribution in [1.82, 2.24) is 0 Å². The normalized spacial score (nSPS) is 31.6. The van der Waals surface area contributed by atoms with Gasteiger partial charge in [0.15, 0.2) is 0 Å². The molecule has 0 amide bonds. The fourth-order valence-electron chi connectivity index (χ4n) is 1.83. The molecular weight excluding hydrogens is 288 g/mol. The van der Waals surface area contributed by atoms with Gasteiger partial charge in [-0.1, -0.05) is 12.2 Å². The highest BCUT2D eigenvalue weighted by molar-refractivity contribution is 5.83. The molecule has 0 fully saturated rings. The molecule has 1 rings (SSSR count). The van der Waals surface area contributed by atoms with Gasteiger partial charge in [0.2, 0.25) is 0 Å². The first-order valence-corrected chi connectivity index (χ1v) is 7.30. The molecule has 0 unspecified atom stereocenters. The van der Waals surface area contributed by atoms with Crippen LogP contribution in [-0.4, -0.2) is 36.2 Å². The summed E-state index contributed by atoms with van der Waals surface area (Å²) in [6.45, 7) is 5.08. The molecule has 122 valence electrons. The largest absolute Gasteiger partial charge is 0.462 e. The number of cyclic esters (lactones) is 3. The molecule has 0 aromatic carbocycles. The maximum absolute atomic E-state index is 11.7. The van der Waals surface area contributed by atoms with Gasteiger partial charge in [-0.05, 0) is 20.8 Å². The second-order valence-electron chi connectivity index (χ2n) is 5.28. The topological polar surface area (TPSA) is 78.9 Å². The molecule has 0 aromatic heterocycles. The first kappa shape index (κ1) is 17.9. The minimum atomic E-state index is -0.560. The number of esters is 3. The number of rotatable bonds is 0. The van der Waals surface area contributed by atoms with Crippen LogP contribution in [-0.2, 0) is 28.6 Å². The van der Waals surface area contributed by atoms with E-state index in [4.69, 9.17) is 14.2 Å². The Morgan fingerprint density at radius 1 is 0.773 bits per heavy atom. The molecule has 0 bridgehead atoms. The Morgan fingerprint density at radius 3 is 1.77 bits per heavy atom. The van der Waals surface area contributed by atoms with E-state index in [-0.39, 0.29) is 18.6 Å². The van der Waals surface area contributed by atoms with Gasteiger partial charge >= 0.3 is 17.9 Å². The smallest absolute Gasteiger partial charge is 0.330 e. The average Bonchev–Trinajstić information content (AvgIpc) is 2.36. The van der Waals surface area contributed by atoms with E-state index in [1.54, 1.807) is 32.9 Å². The van der Waals surface area contributed by atoms with E-state index in [0.29, 0.717) is 12.8 Å². The lowest BCUT2D eigenvalue weighted by Crippen LogP contribution is -2.22. The van der Waals surface area contributed by atoms with Crippen LogP contribution in [0.5, 0.6) is 0 Å². The maximum Gasteiger partial charge on any atom is 0.330 e. The van der Waals surface area contributed by atoms with E-state index in [1.165, 1.54) is 12.2 Å². The number of carbonyl (C=O) groups excluding carboxylic acids is 3. The van der Waals surface area contributed by atoms with Crippen LogP contribution in [0.1, 0.15) is 40.0 Å². The van der Waals surface area contributed by atoms with Crippen LogP contribution in [0.3, 0.4) is 0 Å². The molecule has 6 nitrogen and oxygen atoms in total. The maximum atomic E-state index is 11.7. The van der Waals surface area contributed by atoms with Crippen molar-refractivity contribution in [3.63, 3.8) is 0 Å². The summed E-state index contributed by atoms with van der Waals surface area (Å²) in [5, 5.41) is 0. The Morgan fingerprint density at radius 2 is 1.23 bits per heavy atom. The lowest BCUT2D eigenvalue weighted by molar-refractivity contribution is -0.154. The minimum absolute atomic E-state index is 0.00786. The number of ether oxygens (including phenoxy) is 3. The van der Waals surface area contributed by atoms with Crippen LogP contribution in [0.15, 0.2) is 24.3 Å². The van der Waals surface area contributed by atoms with Gasteiger partial charge in [0, 0.05) is 25.0 Å². The zero-order valence-electron chi connectivity index (χ0n) is 13.1. The number of hydrogen-bond acceptors (Lipinski definition) is 6. The van der Waals surface area contributed by atoms with Crippen molar-refractivity contribution in [1.29, 1.82) is 0 Å². The van der Waals surface area contributed by atoms with Gasteiger partial charge < -0.3 is 14.2 Å². The number of carbonyl (C=O) groups is 3. The highest BCUT2D eigenvalue weighted by atomic mass is 16.6. The van der Waals surface area contributed by atoms with Crippen LogP contribution in [0.2, 0.25) is 0 Å². The van der Waals surface area contributed by atoms with Gasteiger partial charge in [0.1, 0.15) is 18.3 Å². The molecular formula is C16H22O6. The molecule has 3 atom stereocenters. The van der Waals surface area contributed by atoms with Crippen LogP contribution < -0.4 is 0 Å². The minimum Gasteiger partial charge on any atom is -0.462 e. The third-order valence-corrected chi connectivity index (χ3v) is 2.87. The van der Waals surface area contributed by atoms with Crippen molar-refractivity contribution in [2.75, 3.05) is 0 Å². The summed E-state index contributed by atoms with van der Waals surface area (Å²) in [6, 6.07) is 0. The Labute approximate surface area is 130 Å². The fraction of sp³-hybridized carbons (Fsp3) is 0.562. The van der Waals surface area contributed by atoms with Crippen molar-refractivity contribution in [3.8, 4) is 0 Å². The predicted molar refractivity (Wildman–Crippen MR) is 78.8 cm³/mol. The Balaban J connectivity index is 2.73. The zero-order valence-corrected chi connectivity index (χ0v) is 13.1. The van der Waals surface area contributed by atoms with Gasteiger partial charge in [-0.3, -0.25) is 4.79 Å². The van der Waals surface area contributed by atoms with Gasteiger partial charge in [-0.25, -0.2) is 9.59 Å². The van der Waals surface area contributed by atoms with Crippen molar-refractivity contribution < 1.29 is 28.6 Å². The second kappa shape index (κ2) is 9.02. The molecule has 1 aliphatic heterocycles. The van der Waals surface area contributed by atoms with Crippen molar-refractivity contribution in [2.24, 2.45) is 0 Å². The first-order chi connectivity index (χ1) is 10.4. The summed E-state index contributed by atoms with van der Waals surface area (Å²) in [7, 11) is 0. The molecule has 1 heterocycles. The van der Waals surface area contributed by atoms with E-state index in [1.807, 2.05) is 0 Å². The predicted octanol–water partition coefficient (Wildman–Crippen LogP) is 2.08. The van der Waals surface area contributed by atoms with E-state index < -0.39 is 24.0 Å². The van der Waals surface area contributed by atoms with Gasteiger partial charge in [-0.2, -0.15) is 0 Å². The summed E-state index contributed by atoms with van der Waals surface area (Å²) in [6.07, 6.45) is 5.28. The van der Waals surface area contributed by atoms with Crippen LogP contribution in [0.4, 0.5) is 0 Å². The molecule has 0 N–H and O–H groups in total. The van der Waals surface area contributed by atoms with Crippen LogP contribution in [0.25, 0.3) is 0 Å². The van der Waals surface area contributed by atoms with Crippen molar-refractivity contribution in [2.45, 2.75) is 58.3 Å². The van der Waals surface area contributed by atoms with Gasteiger partial charge in [0.05, 0.1) is 6.42 Å². The lowest BCUT2D eigenvalue weighted by atomic mass is 10.2. The lowest BCUT2D eigenvalue weighted by Gasteiger charge is -2.15. The monoisotopic (exact) mass is 310 g/mol. The molecule has 0 spiro atoms. The summed E-state index contributed by atoms with van der Waals surface area (Å²) < 4.78 is 15.4. The third kappa shape index (κ3) is 7.61. The standard InChI is InChI=1S/C16H22O6/c1-11-6-4-9-15(18)22-13(3)10-16(19)21-12(2)7-5-8-14(17)20-11/h4-5,8-9,11-13H,6-7,10H2,1-3H3/b8-5-,9-4-/t11-,12-,13-/m0/s1. The van der Waals surface area contributed by atoms with Crippen LogP contribution in [0, 0.1) is 0 Å². The van der Waals surface area contributed by atoms with E-state index in [0.717, 1.165) is 0 Å². The summed E-state index contributed by atoms with van der Waals surface area (Å²) in [5.74, 6) is -1.46.